The van der Waals surface area contributed by atoms with Crippen molar-refractivity contribution in [1.29, 1.82) is 0 Å². The monoisotopic (exact) mass is 420 g/mol. The van der Waals surface area contributed by atoms with Gasteiger partial charge in [-0.2, -0.15) is 0 Å². The fourth-order valence-corrected chi connectivity index (χ4v) is 2.41. The lowest BCUT2D eigenvalue weighted by atomic mass is 10.2. The molecule has 3 rings (SSSR count). The van der Waals surface area contributed by atoms with E-state index >= 15 is 0 Å². The van der Waals surface area contributed by atoms with E-state index in [0.29, 0.717) is 11.4 Å². The van der Waals surface area contributed by atoms with Gasteiger partial charge in [-0.15, -0.1) is 0 Å². The molecular formula is C20H16N6O5. The third-order valence-electron chi connectivity index (χ3n) is 3.93. The number of hydrogen-bond acceptors (Lipinski definition) is 6. The van der Waals surface area contributed by atoms with Crippen molar-refractivity contribution in [2.45, 2.75) is 0 Å². The van der Waals surface area contributed by atoms with Gasteiger partial charge in [-0.25, -0.2) is 10.2 Å². The van der Waals surface area contributed by atoms with Crippen LogP contribution in [0.3, 0.4) is 0 Å². The first-order valence-corrected chi connectivity index (χ1v) is 8.86. The van der Waals surface area contributed by atoms with Gasteiger partial charge >= 0.3 is 6.03 Å². The van der Waals surface area contributed by atoms with Gasteiger partial charge in [0.2, 0.25) is 0 Å². The van der Waals surface area contributed by atoms with Crippen LogP contribution in [0, 0.1) is 10.1 Å². The number of pyridine rings is 1. The maximum atomic E-state index is 12.2. The topological polar surface area (TPSA) is 155 Å². The van der Waals surface area contributed by atoms with Crippen molar-refractivity contribution in [1.82, 2.24) is 15.8 Å². The minimum atomic E-state index is -0.735. The van der Waals surface area contributed by atoms with E-state index in [1.165, 1.54) is 54.7 Å². The third-order valence-corrected chi connectivity index (χ3v) is 3.93. The second-order valence-electron chi connectivity index (χ2n) is 6.08. The number of benzene rings is 2. The molecule has 0 atom stereocenters. The van der Waals surface area contributed by atoms with Crippen LogP contribution in [-0.2, 0) is 0 Å². The van der Waals surface area contributed by atoms with Gasteiger partial charge in [0.15, 0.2) is 0 Å². The zero-order valence-corrected chi connectivity index (χ0v) is 15.9. The van der Waals surface area contributed by atoms with Crippen molar-refractivity contribution >= 4 is 34.9 Å². The molecule has 0 aliphatic carbocycles. The number of non-ortho nitro benzene ring substituents is 1. The second kappa shape index (κ2) is 9.60. The highest BCUT2D eigenvalue weighted by Crippen LogP contribution is 2.15. The van der Waals surface area contributed by atoms with E-state index in [0.717, 1.165) is 0 Å². The molecule has 1 heterocycles. The summed E-state index contributed by atoms with van der Waals surface area (Å²) in [6.45, 7) is 0. The number of carbonyl (C=O) groups is 3. The van der Waals surface area contributed by atoms with E-state index in [1.54, 1.807) is 18.2 Å². The number of nitro benzene ring substituents is 1. The molecule has 3 aromatic rings. The minimum Gasteiger partial charge on any atom is -0.321 e. The van der Waals surface area contributed by atoms with Gasteiger partial charge in [-0.3, -0.25) is 30.1 Å². The van der Waals surface area contributed by atoms with Crippen molar-refractivity contribution in [2.24, 2.45) is 0 Å². The van der Waals surface area contributed by atoms with E-state index in [4.69, 9.17) is 0 Å². The minimum absolute atomic E-state index is 0.112. The average molecular weight is 420 g/mol. The van der Waals surface area contributed by atoms with Crippen LogP contribution in [-0.4, -0.2) is 27.8 Å². The lowest BCUT2D eigenvalue weighted by molar-refractivity contribution is -0.384. The van der Waals surface area contributed by atoms with Crippen LogP contribution in [0.15, 0.2) is 72.9 Å². The van der Waals surface area contributed by atoms with Crippen LogP contribution in [0.25, 0.3) is 0 Å². The second-order valence-corrected chi connectivity index (χ2v) is 6.08. The number of amides is 4. The number of nitro groups is 1. The van der Waals surface area contributed by atoms with Gasteiger partial charge in [0.25, 0.3) is 17.5 Å². The van der Waals surface area contributed by atoms with Crippen molar-refractivity contribution in [3.8, 4) is 0 Å². The molecule has 0 spiro atoms. The van der Waals surface area contributed by atoms with Gasteiger partial charge in [0.05, 0.1) is 4.92 Å². The van der Waals surface area contributed by atoms with Gasteiger partial charge in [0.1, 0.15) is 5.69 Å². The molecule has 4 amide bonds. The largest absolute Gasteiger partial charge is 0.337 e. The summed E-state index contributed by atoms with van der Waals surface area (Å²) in [6.07, 6.45) is 1.51. The Morgan fingerprint density at radius 2 is 1.42 bits per heavy atom. The van der Waals surface area contributed by atoms with E-state index < -0.39 is 16.9 Å². The number of anilines is 2. The highest BCUT2D eigenvalue weighted by molar-refractivity contribution is 6.03. The van der Waals surface area contributed by atoms with Crippen LogP contribution < -0.4 is 21.5 Å². The fourth-order valence-electron chi connectivity index (χ4n) is 2.41. The summed E-state index contributed by atoms with van der Waals surface area (Å²) in [7, 11) is 0. The lowest BCUT2D eigenvalue weighted by Gasteiger charge is -2.10. The van der Waals surface area contributed by atoms with Crippen LogP contribution in [0.4, 0.5) is 21.9 Å². The Balaban J connectivity index is 1.49. The Bertz CT molecular complexity index is 1100. The SMILES string of the molecule is O=C(NNC(=O)c1ccc(NC(=O)c2ccccn2)cc1)Nc1ccc([N+](=O)[O-])cc1. The van der Waals surface area contributed by atoms with Crippen LogP contribution in [0.1, 0.15) is 20.8 Å². The van der Waals surface area contributed by atoms with Crippen molar-refractivity contribution in [3.05, 3.63) is 94.3 Å². The van der Waals surface area contributed by atoms with Crippen LogP contribution in [0.5, 0.6) is 0 Å². The molecule has 0 aliphatic heterocycles. The molecule has 0 aliphatic rings. The molecule has 0 saturated carbocycles. The highest BCUT2D eigenvalue weighted by Gasteiger charge is 2.10. The molecule has 0 unspecified atom stereocenters. The summed E-state index contributed by atoms with van der Waals surface area (Å²) in [6, 6.07) is 15.4. The molecule has 0 bridgehead atoms. The maximum absolute atomic E-state index is 12.2. The van der Waals surface area contributed by atoms with Crippen molar-refractivity contribution in [3.63, 3.8) is 0 Å². The quantitative estimate of drug-likeness (QED) is 0.367. The lowest BCUT2D eigenvalue weighted by Crippen LogP contribution is -2.43. The average Bonchev–Trinajstić information content (AvgIpc) is 2.79. The smallest absolute Gasteiger partial charge is 0.321 e. The molecular weight excluding hydrogens is 404 g/mol. The molecule has 0 fully saturated rings. The van der Waals surface area contributed by atoms with Gasteiger partial charge < -0.3 is 10.6 Å². The summed E-state index contributed by atoms with van der Waals surface area (Å²) in [4.78, 5) is 50.1. The molecule has 2 aromatic carbocycles. The first-order valence-electron chi connectivity index (χ1n) is 8.86. The van der Waals surface area contributed by atoms with Gasteiger partial charge in [-0.05, 0) is 48.5 Å². The molecule has 11 nitrogen and oxygen atoms in total. The first-order chi connectivity index (χ1) is 14.9. The summed E-state index contributed by atoms with van der Waals surface area (Å²) in [5.41, 5.74) is 5.57. The normalized spacial score (nSPS) is 9.94. The predicted molar refractivity (Wildman–Crippen MR) is 111 cm³/mol. The highest BCUT2D eigenvalue weighted by atomic mass is 16.6. The summed E-state index contributed by atoms with van der Waals surface area (Å²) in [5, 5.41) is 15.7. The summed E-state index contributed by atoms with van der Waals surface area (Å²) < 4.78 is 0. The fraction of sp³-hybridized carbons (Fsp3) is 0. The van der Waals surface area contributed by atoms with Crippen LogP contribution >= 0.6 is 0 Å². The third kappa shape index (κ3) is 5.84. The maximum Gasteiger partial charge on any atom is 0.337 e. The van der Waals surface area contributed by atoms with Crippen molar-refractivity contribution in [2.75, 3.05) is 10.6 Å². The summed E-state index contributed by atoms with van der Waals surface area (Å²) in [5.74, 6) is -0.969. The molecule has 0 saturated heterocycles. The van der Waals surface area contributed by atoms with Gasteiger partial charge in [0, 0.05) is 35.3 Å². The Labute approximate surface area is 175 Å². The van der Waals surface area contributed by atoms with E-state index in [9.17, 15) is 24.5 Å². The molecule has 11 heteroatoms. The molecule has 0 radical (unpaired) electrons. The Hall–Kier alpha value is -4.80. The number of rotatable bonds is 5. The Kier molecular flexibility index (Phi) is 6.48. The number of carbonyl (C=O) groups excluding carboxylic acids is 3. The zero-order valence-electron chi connectivity index (χ0n) is 15.9. The zero-order chi connectivity index (χ0) is 22.2. The van der Waals surface area contributed by atoms with Crippen LogP contribution in [0.2, 0.25) is 0 Å². The van der Waals surface area contributed by atoms with Gasteiger partial charge in [-0.1, -0.05) is 6.07 Å². The van der Waals surface area contributed by atoms with E-state index in [2.05, 4.69) is 26.5 Å². The standard InChI is InChI=1S/C20H16N6O5/c27-18(24-25-20(29)23-15-8-10-16(11-9-15)26(30)31)13-4-6-14(7-5-13)22-19(28)17-3-1-2-12-21-17/h1-12H,(H,22,28)(H,24,27)(H2,23,25,29). The van der Waals surface area contributed by atoms with Crippen molar-refractivity contribution < 1.29 is 19.3 Å². The van der Waals surface area contributed by atoms with E-state index in [1.807, 2.05) is 0 Å². The number of urea groups is 1. The number of hydrazine groups is 1. The number of nitrogens with one attached hydrogen (secondary N) is 4. The summed E-state index contributed by atoms with van der Waals surface area (Å²) >= 11 is 0. The predicted octanol–water partition coefficient (Wildman–Crippen LogP) is 2.71. The number of aromatic nitrogens is 1. The molecule has 31 heavy (non-hydrogen) atoms. The molecule has 156 valence electrons. The van der Waals surface area contributed by atoms with E-state index in [-0.39, 0.29) is 22.9 Å². The Morgan fingerprint density at radius 3 is 2.03 bits per heavy atom. The Morgan fingerprint density at radius 1 is 0.774 bits per heavy atom. The molecule has 1 aromatic heterocycles. The number of nitrogens with zero attached hydrogens (tertiary/aromatic N) is 2. The first kappa shape index (κ1) is 20.9. The number of hydrogen-bond donors (Lipinski definition) is 4. The molecule has 4 N–H and O–H groups in total.